The highest BCUT2D eigenvalue weighted by atomic mass is 31.3. The number of carbonyl (C=O) groups excluding carboxylic acids is 1. The van der Waals surface area contributed by atoms with E-state index in [9.17, 15) is 38.5 Å². The van der Waals surface area contributed by atoms with Gasteiger partial charge in [-0.2, -0.15) is 8.62 Å². The quantitative estimate of drug-likeness (QED) is 0.0719. The van der Waals surface area contributed by atoms with Gasteiger partial charge in [0.1, 0.15) is 24.6 Å². The highest BCUT2D eigenvalue weighted by Crippen LogP contribution is 2.66. The molecule has 9 N–H and O–H groups in total. The van der Waals surface area contributed by atoms with Crippen LogP contribution in [0, 0.1) is 0 Å². The van der Waals surface area contributed by atoms with Crippen LogP contribution in [-0.2, 0) is 31.6 Å². The largest absolute Gasteiger partial charge is 0.490 e. The summed E-state index contributed by atoms with van der Waals surface area (Å²) in [7, 11) is -15.1. The van der Waals surface area contributed by atoms with Gasteiger partial charge in [-0.15, -0.1) is 0 Å². The lowest BCUT2D eigenvalue weighted by Gasteiger charge is -2.19. The first-order chi connectivity index (χ1) is 21.6. The standard InChI is InChI=1S/C22H32N7O14P3/c1-23-14-7-3-2-6-13(14)21(32)25-9-5-4-8-24-19-16-20(27-11-26-19)29(12-28-16)22-18(31)17(30)15(41-22)10-40-45(36,37)43-46(38,39)42-44(33,34)35/h2-3,6-7,11-12,15,17-18,22-23,30-31H,4-5,8-10H2,1H3,(H,25,32)(H,36,37)(H,38,39)(H,24,26,27)(H2,33,34,35)/t15-,17-,18-,22-/m1/s1. The maximum Gasteiger partial charge on any atom is 0.490 e. The molecule has 1 aromatic carbocycles. The van der Waals surface area contributed by atoms with E-state index in [1.807, 2.05) is 6.07 Å². The van der Waals surface area contributed by atoms with Crippen LogP contribution in [0.1, 0.15) is 29.4 Å². The molecule has 1 saturated heterocycles. The van der Waals surface area contributed by atoms with E-state index in [2.05, 4.69) is 44.0 Å². The SMILES string of the molecule is CNc1ccccc1C(=O)NCCCCNc1ncnc2c1ncn2[C@@H]1O[C@H](COP(=O)(O)OP(=O)(O)OP(=O)(O)O)[C@@H](O)[C@H]1O. The Labute approximate surface area is 260 Å². The molecule has 4 rings (SSSR count). The highest BCUT2D eigenvalue weighted by molar-refractivity contribution is 7.66. The normalized spacial score (nSPS) is 22.7. The van der Waals surface area contributed by atoms with Gasteiger partial charge in [0.25, 0.3) is 5.91 Å². The molecule has 1 aliphatic rings. The minimum absolute atomic E-state index is 0.192. The number of nitrogens with one attached hydrogen (secondary N) is 3. The monoisotopic (exact) mass is 711 g/mol. The molecule has 0 radical (unpaired) electrons. The van der Waals surface area contributed by atoms with E-state index in [0.29, 0.717) is 42.8 Å². The molecule has 0 saturated carbocycles. The maximum absolute atomic E-state index is 12.4. The molecule has 2 unspecified atom stereocenters. The summed E-state index contributed by atoms with van der Waals surface area (Å²) in [5, 5.41) is 30.0. The number of aliphatic hydroxyl groups is 2. The fourth-order valence-corrected chi connectivity index (χ4v) is 7.42. The van der Waals surface area contributed by atoms with E-state index < -0.39 is 54.6 Å². The Morgan fingerprint density at radius 1 is 0.978 bits per heavy atom. The number of amides is 1. The molecule has 46 heavy (non-hydrogen) atoms. The van der Waals surface area contributed by atoms with Crippen LogP contribution in [0.4, 0.5) is 11.5 Å². The first kappa shape index (κ1) is 36.0. The Hall–Kier alpha value is -2.87. The van der Waals surface area contributed by atoms with Gasteiger partial charge in [0.05, 0.1) is 18.5 Å². The molecule has 6 atom stereocenters. The van der Waals surface area contributed by atoms with Crippen molar-refractivity contribution in [2.45, 2.75) is 37.4 Å². The molecule has 1 aliphatic heterocycles. The molecular weight excluding hydrogens is 679 g/mol. The van der Waals surface area contributed by atoms with Crippen LogP contribution >= 0.6 is 23.5 Å². The first-order valence-electron chi connectivity index (χ1n) is 13.4. The number of benzene rings is 1. The fraction of sp³-hybridized carbons (Fsp3) is 0.455. The van der Waals surface area contributed by atoms with Crippen LogP contribution in [0.25, 0.3) is 11.2 Å². The van der Waals surface area contributed by atoms with Gasteiger partial charge in [-0.25, -0.2) is 28.6 Å². The van der Waals surface area contributed by atoms with Crippen molar-refractivity contribution in [3.63, 3.8) is 0 Å². The first-order valence-corrected chi connectivity index (χ1v) is 17.9. The molecule has 254 valence electrons. The van der Waals surface area contributed by atoms with Crippen molar-refractivity contribution in [2.24, 2.45) is 0 Å². The highest BCUT2D eigenvalue weighted by Gasteiger charge is 2.47. The Balaban J connectivity index is 1.30. The molecule has 2 aromatic heterocycles. The zero-order valence-corrected chi connectivity index (χ0v) is 26.6. The van der Waals surface area contributed by atoms with E-state index in [1.54, 1.807) is 25.2 Å². The Morgan fingerprint density at radius 3 is 2.41 bits per heavy atom. The number of imidazole rings is 1. The summed E-state index contributed by atoms with van der Waals surface area (Å²) < 4.78 is 53.0. The van der Waals surface area contributed by atoms with Gasteiger partial charge < -0.3 is 50.5 Å². The lowest BCUT2D eigenvalue weighted by Crippen LogP contribution is -2.33. The third-order valence-corrected chi connectivity index (χ3v) is 10.2. The predicted octanol–water partition coefficient (Wildman–Crippen LogP) is 0.453. The number of aromatic nitrogens is 4. The number of phosphoric acid groups is 3. The number of rotatable bonds is 16. The summed E-state index contributed by atoms with van der Waals surface area (Å²) in [6, 6.07) is 7.14. The smallest absolute Gasteiger partial charge is 0.387 e. The number of para-hydroxylation sites is 1. The summed E-state index contributed by atoms with van der Waals surface area (Å²) in [4.78, 5) is 61.2. The molecule has 21 nitrogen and oxygen atoms in total. The van der Waals surface area contributed by atoms with Gasteiger partial charge >= 0.3 is 23.5 Å². The summed E-state index contributed by atoms with van der Waals surface area (Å²) >= 11 is 0. The number of unbranched alkanes of at least 4 members (excludes halogenated alkanes) is 1. The number of anilines is 2. The molecule has 3 aromatic rings. The molecule has 0 aliphatic carbocycles. The lowest BCUT2D eigenvalue weighted by atomic mass is 10.1. The Bertz CT molecular complexity index is 1670. The van der Waals surface area contributed by atoms with Crippen molar-refractivity contribution in [1.29, 1.82) is 0 Å². The van der Waals surface area contributed by atoms with Crippen LogP contribution in [-0.4, -0.2) is 100 Å². The van der Waals surface area contributed by atoms with Crippen molar-refractivity contribution in [2.75, 3.05) is 37.4 Å². The number of ether oxygens (including phenoxy) is 1. The molecule has 1 amide bonds. The second kappa shape index (κ2) is 14.9. The maximum atomic E-state index is 12.4. The molecular formula is C22H32N7O14P3. The lowest BCUT2D eigenvalue weighted by molar-refractivity contribution is -0.0503. The van der Waals surface area contributed by atoms with Crippen molar-refractivity contribution < 1.29 is 66.2 Å². The van der Waals surface area contributed by atoms with Gasteiger partial charge in [-0.05, 0) is 25.0 Å². The van der Waals surface area contributed by atoms with Gasteiger partial charge in [0.15, 0.2) is 23.2 Å². The third-order valence-electron chi connectivity index (χ3n) is 6.41. The minimum Gasteiger partial charge on any atom is -0.387 e. The topological polar surface area (TPSA) is 306 Å². The molecule has 3 heterocycles. The van der Waals surface area contributed by atoms with Crippen molar-refractivity contribution in [3.05, 3.63) is 42.5 Å². The van der Waals surface area contributed by atoms with Crippen LogP contribution < -0.4 is 16.0 Å². The number of phosphoric ester groups is 1. The summed E-state index contributed by atoms with van der Waals surface area (Å²) in [5.74, 6) is 0.159. The molecule has 0 spiro atoms. The average molecular weight is 711 g/mol. The number of hydrogen-bond acceptors (Lipinski definition) is 15. The van der Waals surface area contributed by atoms with Crippen molar-refractivity contribution in [1.82, 2.24) is 24.8 Å². The third kappa shape index (κ3) is 9.36. The van der Waals surface area contributed by atoms with Gasteiger partial charge in [0.2, 0.25) is 0 Å². The Morgan fingerprint density at radius 2 is 1.70 bits per heavy atom. The van der Waals surface area contributed by atoms with E-state index in [0.717, 1.165) is 5.69 Å². The van der Waals surface area contributed by atoms with Crippen LogP contribution in [0.3, 0.4) is 0 Å². The van der Waals surface area contributed by atoms with Crippen molar-refractivity contribution >= 4 is 52.0 Å². The molecule has 1 fully saturated rings. The molecule has 24 heteroatoms. The number of aliphatic hydroxyl groups excluding tert-OH is 2. The van der Waals surface area contributed by atoms with Gasteiger partial charge in [-0.3, -0.25) is 13.9 Å². The second-order valence-electron chi connectivity index (χ2n) is 9.66. The van der Waals surface area contributed by atoms with E-state index in [-0.39, 0.29) is 11.6 Å². The zero-order chi connectivity index (χ0) is 33.7. The predicted molar refractivity (Wildman–Crippen MR) is 157 cm³/mol. The van der Waals surface area contributed by atoms with Crippen LogP contribution in [0.15, 0.2) is 36.9 Å². The fourth-order valence-electron chi connectivity index (χ4n) is 4.39. The van der Waals surface area contributed by atoms with Gasteiger partial charge in [-0.1, -0.05) is 12.1 Å². The average Bonchev–Trinajstić information content (AvgIpc) is 3.52. The minimum atomic E-state index is -5.75. The summed E-state index contributed by atoms with van der Waals surface area (Å²) in [6.45, 7) is -0.0734. The second-order valence-corrected chi connectivity index (χ2v) is 14.1. The zero-order valence-electron chi connectivity index (χ0n) is 23.9. The van der Waals surface area contributed by atoms with Crippen molar-refractivity contribution in [3.8, 4) is 0 Å². The van der Waals surface area contributed by atoms with Crippen LogP contribution in [0.2, 0.25) is 0 Å². The number of nitrogens with zero attached hydrogens (tertiary/aromatic N) is 4. The Kier molecular flexibility index (Phi) is 11.7. The van der Waals surface area contributed by atoms with E-state index >= 15 is 0 Å². The van der Waals surface area contributed by atoms with Gasteiger partial charge in [0, 0.05) is 25.8 Å². The van der Waals surface area contributed by atoms with E-state index in [4.69, 9.17) is 14.5 Å². The number of fused-ring (bicyclic) bond motifs is 1. The summed E-state index contributed by atoms with van der Waals surface area (Å²) in [5.41, 5.74) is 1.74. The molecule has 0 bridgehead atoms. The van der Waals surface area contributed by atoms with E-state index in [1.165, 1.54) is 17.2 Å². The number of hydrogen-bond donors (Lipinski definition) is 9. The van der Waals surface area contributed by atoms with Crippen LogP contribution in [0.5, 0.6) is 0 Å². The summed E-state index contributed by atoms with van der Waals surface area (Å²) in [6.07, 6.45) is -2.35. The number of carbonyl (C=O) groups is 1.